The van der Waals surface area contributed by atoms with Gasteiger partial charge in [-0.2, -0.15) is 16.9 Å². The van der Waals surface area contributed by atoms with Gasteiger partial charge in [-0.25, -0.2) is 0 Å². The third-order valence-electron chi connectivity index (χ3n) is 4.51. The number of hydrogen-bond acceptors (Lipinski definition) is 3. The molecule has 5 heteroatoms. The van der Waals surface area contributed by atoms with Crippen LogP contribution < -0.4 is 5.32 Å². The summed E-state index contributed by atoms with van der Waals surface area (Å²) in [5.74, 6) is 2.41. The molecule has 1 amide bonds. The molecule has 26 heavy (non-hydrogen) atoms. The minimum absolute atomic E-state index is 0.0183. The van der Waals surface area contributed by atoms with E-state index in [0.717, 1.165) is 17.2 Å². The lowest BCUT2D eigenvalue weighted by molar-refractivity contribution is 0.0938. The predicted molar refractivity (Wildman–Crippen MR) is 109 cm³/mol. The second-order valence-corrected chi connectivity index (χ2v) is 9.21. The summed E-state index contributed by atoms with van der Waals surface area (Å²) in [6.45, 7) is 9.04. The SMILES string of the molecule is Cc1ccc(CSCCNC(=O)c2cc(C3CC3)nn2C(C)(C)C)cc1. The number of hydrogen-bond donors (Lipinski definition) is 1. The van der Waals surface area contributed by atoms with Crippen LogP contribution in [0, 0.1) is 6.92 Å². The number of aromatic nitrogens is 2. The van der Waals surface area contributed by atoms with Gasteiger partial charge in [-0.1, -0.05) is 29.8 Å². The molecule has 1 heterocycles. The van der Waals surface area contributed by atoms with Crippen molar-refractivity contribution in [2.75, 3.05) is 12.3 Å². The summed E-state index contributed by atoms with van der Waals surface area (Å²) in [6.07, 6.45) is 2.38. The van der Waals surface area contributed by atoms with Crippen LogP contribution in [0.2, 0.25) is 0 Å². The number of aryl methyl sites for hydroxylation is 1. The summed E-state index contributed by atoms with van der Waals surface area (Å²) in [4.78, 5) is 12.7. The fourth-order valence-corrected chi connectivity index (χ4v) is 3.67. The number of rotatable bonds is 7. The van der Waals surface area contributed by atoms with Crippen molar-refractivity contribution in [3.05, 3.63) is 52.8 Å². The number of nitrogens with one attached hydrogen (secondary N) is 1. The van der Waals surface area contributed by atoms with Crippen LogP contribution in [0.25, 0.3) is 0 Å². The molecule has 0 radical (unpaired) electrons. The Kier molecular flexibility index (Phi) is 5.76. The van der Waals surface area contributed by atoms with Crippen molar-refractivity contribution in [2.24, 2.45) is 0 Å². The van der Waals surface area contributed by atoms with Crippen LogP contribution in [0.4, 0.5) is 0 Å². The van der Waals surface area contributed by atoms with E-state index in [4.69, 9.17) is 5.10 Å². The van der Waals surface area contributed by atoms with Crippen molar-refractivity contribution in [3.63, 3.8) is 0 Å². The van der Waals surface area contributed by atoms with Crippen molar-refractivity contribution in [1.82, 2.24) is 15.1 Å². The van der Waals surface area contributed by atoms with Gasteiger partial charge in [-0.05, 0) is 52.2 Å². The molecular weight excluding hydrogens is 342 g/mol. The molecular formula is C21H29N3OS. The molecule has 4 nitrogen and oxygen atoms in total. The van der Waals surface area contributed by atoms with Crippen LogP contribution in [0.15, 0.2) is 30.3 Å². The molecule has 0 aliphatic heterocycles. The van der Waals surface area contributed by atoms with E-state index in [1.165, 1.54) is 24.0 Å². The molecule has 1 aliphatic rings. The Balaban J connectivity index is 1.51. The van der Waals surface area contributed by atoms with E-state index in [-0.39, 0.29) is 11.4 Å². The first-order valence-electron chi connectivity index (χ1n) is 9.36. The minimum atomic E-state index is -0.194. The molecule has 1 aromatic heterocycles. The summed E-state index contributed by atoms with van der Waals surface area (Å²) in [5.41, 5.74) is 4.17. The van der Waals surface area contributed by atoms with Crippen molar-refractivity contribution >= 4 is 17.7 Å². The van der Waals surface area contributed by atoms with Crippen LogP contribution in [0.1, 0.15) is 66.8 Å². The summed E-state index contributed by atoms with van der Waals surface area (Å²) < 4.78 is 1.88. The maximum atomic E-state index is 12.7. The fraction of sp³-hybridized carbons (Fsp3) is 0.524. The molecule has 1 aromatic carbocycles. The maximum Gasteiger partial charge on any atom is 0.269 e. The van der Waals surface area contributed by atoms with E-state index in [9.17, 15) is 4.79 Å². The number of nitrogens with zero attached hydrogens (tertiary/aromatic N) is 2. The lowest BCUT2D eigenvalue weighted by atomic mass is 10.1. The Labute approximate surface area is 160 Å². The van der Waals surface area contributed by atoms with Gasteiger partial charge in [0.1, 0.15) is 5.69 Å². The van der Waals surface area contributed by atoms with E-state index in [2.05, 4.69) is 57.3 Å². The highest BCUT2D eigenvalue weighted by Crippen LogP contribution is 2.40. The van der Waals surface area contributed by atoms with Gasteiger partial charge in [0.25, 0.3) is 5.91 Å². The maximum absolute atomic E-state index is 12.7. The second-order valence-electron chi connectivity index (χ2n) is 8.11. The van der Waals surface area contributed by atoms with E-state index < -0.39 is 0 Å². The highest BCUT2D eigenvalue weighted by atomic mass is 32.2. The zero-order valence-electron chi connectivity index (χ0n) is 16.2. The molecule has 0 bridgehead atoms. The van der Waals surface area contributed by atoms with Gasteiger partial charge in [0.05, 0.1) is 11.2 Å². The molecule has 0 atom stereocenters. The van der Waals surface area contributed by atoms with Gasteiger partial charge < -0.3 is 5.32 Å². The second kappa shape index (κ2) is 7.87. The Hall–Kier alpha value is -1.75. The van der Waals surface area contributed by atoms with Gasteiger partial charge in [-0.15, -0.1) is 0 Å². The van der Waals surface area contributed by atoms with Crippen LogP contribution >= 0.6 is 11.8 Å². The summed E-state index contributed by atoms with van der Waals surface area (Å²) in [5, 5.41) is 7.77. The molecule has 0 spiro atoms. The standard InChI is InChI=1S/C21H29N3OS/c1-15-5-7-16(8-6-15)14-26-12-11-22-20(25)19-13-18(17-9-10-17)23-24(19)21(2,3)4/h5-8,13,17H,9-12,14H2,1-4H3,(H,22,25). The Morgan fingerprint density at radius 3 is 2.58 bits per heavy atom. The number of carbonyl (C=O) groups is 1. The lowest BCUT2D eigenvalue weighted by Gasteiger charge is -2.22. The van der Waals surface area contributed by atoms with E-state index in [1.54, 1.807) is 0 Å². The average molecular weight is 372 g/mol. The smallest absolute Gasteiger partial charge is 0.269 e. The first-order chi connectivity index (χ1) is 12.3. The highest BCUT2D eigenvalue weighted by Gasteiger charge is 2.31. The van der Waals surface area contributed by atoms with Crippen molar-refractivity contribution in [3.8, 4) is 0 Å². The van der Waals surface area contributed by atoms with Crippen molar-refractivity contribution < 1.29 is 4.79 Å². The Bertz CT molecular complexity index is 755. The third-order valence-corrected chi connectivity index (χ3v) is 5.54. The quantitative estimate of drug-likeness (QED) is 0.730. The monoisotopic (exact) mass is 371 g/mol. The third kappa shape index (κ3) is 4.91. The fourth-order valence-electron chi connectivity index (χ4n) is 2.85. The van der Waals surface area contributed by atoms with Crippen molar-refractivity contribution in [2.45, 2.75) is 57.7 Å². The molecule has 0 saturated heterocycles. The van der Waals surface area contributed by atoms with Crippen LogP contribution in [-0.2, 0) is 11.3 Å². The normalized spacial score (nSPS) is 14.5. The van der Waals surface area contributed by atoms with E-state index >= 15 is 0 Å². The van der Waals surface area contributed by atoms with Gasteiger partial charge in [0.2, 0.25) is 0 Å². The summed E-state index contributed by atoms with van der Waals surface area (Å²) >= 11 is 1.84. The molecule has 140 valence electrons. The zero-order chi connectivity index (χ0) is 18.7. The van der Waals surface area contributed by atoms with E-state index in [0.29, 0.717) is 18.2 Å². The molecule has 3 rings (SSSR count). The Morgan fingerprint density at radius 2 is 1.96 bits per heavy atom. The molecule has 1 aliphatic carbocycles. The van der Waals surface area contributed by atoms with Gasteiger partial charge >= 0.3 is 0 Å². The molecule has 2 aromatic rings. The number of amides is 1. The van der Waals surface area contributed by atoms with Gasteiger partial charge in [0.15, 0.2) is 0 Å². The molecule has 1 saturated carbocycles. The van der Waals surface area contributed by atoms with Crippen LogP contribution in [0.5, 0.6) is 0 Å². The van der Waals surface area contributed by atoms with Gasteiger partial charge in [0, 0.05) is 24.0 Å². The topological polar surface area (TPSA) is 46.9 Å². The first-order valence-corrected chi connectivity index (χ1v) is 10.5. The van der Waals surface area contributed by atoms with E-state index in [1.807, 2.05) is 22.5 Å². The molecule has 1 fully saturated rings. The number of benzene rings is 1. The predicted octanol–water partition coefficient (Wildman–Crippen LogP) is 4.49. The van der Waals surface area contributed by atoms with Crippen LogP contribution in [0.3, 0.4) is 0 Å². The average Bonchev–Trinajstić information content (AvgIpc) is 3.33. The summed E-state index contributed by atoms with van der Waals surface area (Å²) in [6, 6.07) is 10.6. The van der Waals surface area contributed by atoms with Gasteiger partial charge in [-0.3, -0.25) is 9.48 Å². The first kappa shape index (κ1) is 19.0. The molecule has 1 N–H and O–H groups in total. The lowest BCUT2D eigenvalue weighted by Crippen LogP contribution is -2.33. The summed E-state index contributed by atoms with van der Waals surface area (Å²) in [7, 11) is 0. The Morgan fingerprint density at radius 1 is 1.27 bits per heavy atom. The highest BCUT2D eigenvalue weighted by molar-refractivity contribution is 7.98. The van der Waals surface area contributed by atoms with Crippen LogP contribution in [-0.4, -0.2) is 28.0 Å². The van der Waals surface area contributed by atoms with Crippen molar-refractivity contribution in [1.29, 1.82) is 0 Å². The molecule has 0 unspecified atom stereocenters. The number of carbonyl (C=O) groups excluding carboxylic acids is 1. The zero-order valence-corrected chi connectivity index (χ0v) is 17.0. The largest absolute Gasteiger partial charge is 0.350 e. The minimum Gasteiger partial charge on any atom is -0.350 e. The number of thioether (sulfide) groups is 1.